The maximum absolute atomic E-state index is 12.2. The van der Waals surface area contributed by atoms with Gasteiger partial charge in [-0.3, -0.25) is 13.2 Å². The Morgan fingerprint density at radius 1 is 1.00 bits per heavy atom. The number of hydrogen-bond donors (Lipinski definition) is 1. The standard InChI is InChI=1S/C36H38N2O6S4/c1-47(43)27-11-13-31-29(21-27)37(15-3-5-35(39)40)33(45-31)19-23-7-9-25-10-8-24(18-26(25)17-23)20-34-38(16-4-6-36(41)42)30-22-28(48(2)44)12-14-32(30)46-34/h11-14,17-22,25H,3-10,15-16H2,1-2H3,(H-,39,40,41,42). The van der Waals surface area contributed by atoms with Crippen molar-refractivity contribution in [3.8, 4) is 0 Å². The molecule has 3 unspecified atom stereocenters. The topological polar surface area (TPSA) is 119 Å². The average Bonchev–Trinajstić information content (AvgIpc) is 3.56. The summed E-state index contributed by atoms with van der Waals surface area (Å²) in [5.74, 6) is -1.38. The van der Waals surface area contributed by atoms with Gasteiger partial charge in [-0.1, -0.05) is 35.3 Å². The summed E-state index contributed by atoms with van der Waals surface area (Å²) in [6, 6.07) is 11.7. The molecule has 252 valence electrons. The maximum atomic E-state index is 12.2. The fourth-order valence-corrected chi connectivity index (χ4v) is 9.88. The van der Waals surface area contributed by atoms with Crippen LogP contribution in [0.4, 0.5) is 5.69 Å². The van der Waals surface area contributed by atoms with Crippen LogP contribution in [0.1, 0.15) is 56.4 Å². The van der Waals surface area contributed by atoms with Crippen LogP contribution in [0.3, 0.4) is 0 Å². The molecule has 2 heterocycles. The van der Waals surface area contributed by atoms with Gasteiger partial charge in [0, 0.05) is 75.5 Å². The van der Waals surface area contributed by atoms with E-state index in [9.17, 15) is 28.2 Å². The van der Waals surface area contributed by atoms with Gasteiger partial charge in [0.2, 0.25) is 5.52 Å². The van der Waals surface area contributed by atoms with Crippen molar-refractivity contribution in [3.05, 3.63) is 81.4 Å². The first-order valence-corrected chi connectivity index (χ1v) is 20.8. The van der Waals surface area contributed by atoms with Crippen LogP contribution in [0.2, 0.25) is 0 Å². The van der Waals surface area contributed by atoms with Crippen LogP contribution in [-0.4, -0.2) is 44.5 Å². The second-order valence-electron chi connectivity index (χ2n) is 12.3. The highest BCUT2D eigenvalue weighted by Crippen LogP contribution is 2.48. The molecule has 0 fully saturated rings. The Hall–Kier alpha value is -3.32. The SMILES string of the molecule is CS(=O)c1ccc2c(c1)N(CCCC(=O)O)/C(=C/C1=CC3=C/C(=C/c4sc5ccc(S(C)=O)cc5[n+]4CCCC(=O)[O-])CCC3CC1)S2. The number of allylic oxidation sites excluding steroid dienone is 6. The first kappa shape index (κ1) is 34.5. The third-order valence-corrected chi connectivity index (χ3v) is 13.0. The minimum absolute atomic E-state index is 0.0197. The number of aliphatic carboxylic acids is 2. The third-order valence-electron chi connectivity index (χ3n) is 8.96. The van der Waals surface area contributed by atoms with Crippen molar-refractivity contribution < 1.29 is 32.8 Å². The summed E-state index contributed by atoms with van der Waals surface area (Å²) < 4.78 is 27.7. The summed E-state index contributed by atoms with van der Waals surface area (Å²) in [4.78, 5) is 27.2. The van der Waals surface area contributed by atoms with Crippen molar-refractivity contribution in [1.82, 2.24) is 0 Å². The van der Waals surface area contributed by atoms with E-state index < -0.39 is 33.5 Å². The number of carbonyl (C=O) groups is 2. The number of benzene rings is 2. The highest BCUT2D eigenvalue weighted by atomic mass is 32.2. The van der Waals surface area contributed by atoms with E-state index in [4.69, 9.17) is 0 Å². The maximum Gasteiger partial charge on any atom is 0.303 e. The van der Waals surface area contributed by atoms with Gasteiger partial charge in [0.05, 0.1) is 21.5 Å². The van der Waals surface area contributed by atoms with E-state index in [1.54, 1.807) is 35.6 Å². The Balaban J connectivity index is 1.31. The minimum Gasteiger partial charge on any atom is -0.550 e. The van der Waals surface area contributed by atoms with Gasteiger partial charge < -0.3 is 19.9 Å². The monoisotopic (exact) mass is 722 g/mol. The third kappa shape index (κ3) is 7.93. The molecule has 1 aromatic heterocycles. The number of anilines is 1. The van der Waals surface area contributed by atoms with Gasteiger partial charge in [0.15, 0.2) is 6.54 Å². The number of carboxylic acids is 2. The summed E-state index contributed by atoms with van der Waals surface area (Å²) in [6.45, 7) is 1.10. The van der Waals surface area contributed by atoms with E-state index in [2.05, 4.69) is 33.8 Å². The van der Waals surface area contributed by atoms with Gasteiger partial charge in [0.25, 0.3) is 5.01 Å². The number of aromatic nitrogens is 1. The quantitative estimate of drug-likeness (QED) is 0.228. The number of hydrogen-bond acceptors (Lipinski definition) is 8. The lowest BCUT2D eigenvalue weighted by molar-refractivity contribution is -0.669. The molecule has 2 aromatic carbocycles. The van der Waals surface area contributed by atoms with Crippen LogP contribution in [0, 0.1) is 5.92 Å². The number of rotatable bonds is 12. The summed E-state index contributed by atoms with van der Waals surface area (Å²) >= 11 is 3.33. The number of thiazole rings is 1. The van der Waals surface area contributed by atoms with E-state index >= 15 is 0 Å². The fourth-order valence-electron chi connectivity index (χ4n) is 6.52. The van der Waals surface area contributed by atoms with Crippen LogP contribution in [0.5, 0.6) is 0 Å². The number of carbonyl (C=O) groups excluding carboxylic acids is 1. The first-order valence-electron chi connectivity index (χ1n) is 16.0. The second-order valence-corrected chi connectivity index (χ2v) is 17.2. The smallest absolute Gasteiger partial charge is 0.303 e. The predicted octanol–water partition coefficient (Wildman–Crippen LogP) is 5.95. The van der Waals surface area contributed by atoms with Crippen molar-refractivity contribution in [2.45, 2.75) is 72.6 Å². The van der Waals surface area contributed by atoms with Crippen LogP contribution >= 0.6 is 23.1 Å². The van der Waals surface area contributed by atoms with Gasteiger partial charge in [-0.05, 0) is 97.6 Å². The highest BCUT2D eigenvalue weighted by Gasteiger charge is 2.29. The second kappa shape index (κ2) is 15.1. The molecule has 0 saturated carbocycles. The number of thioether (sulfide) groups is 1. The molecule has 8 nitrogen and oxygen atoms in total. The number of fused-ring (bicyclic) bond motifs is 3. The lowest BCUT2D eigenvalue weighted by atomic mass is 9.77. The normalized spacial score (nSPS) is 20.4. The molecule has 6 rings (SSSR count). The molecule has 0 bridgehead atoms. The molecule has 3 aromatic rings. The predicted molar refractivity (Wildman–Crippen MR) is 192 cm³/mol. The van der Waals surface area contributed by atoms with E-state index in [0.717, 1.165) is 66.3 Å². The minimum atomic E-state index is -1.12. The van der Waals surface area contributed by atoms with E-state index in [0.29, 0.717) is 31.8 Å². The zero-order valence-electron chi connectivity index (χ0n) is 26.9. The van der Waals surface area contributed by atoms with Crippen LogP contribution in [0.15, 0.2) is 91.1 Å². The van der Waals surface area contributed by atoms with Crippen molar-refractivity contribution in [1.29, 1.82) is 0 Å². The van der Waals surface area contributed by atoms with Crippen molar-refractivity contribution in [2.75, 3.05) is 24.0 Å². The van der Waals surface area contributed by atoms with Crippen molar-refractivity contribution >= 4 is 78.6 Å². The Morgan fingerprint density at radius 3 is 2.50 bits per heavy atom. The summed E-state index contributed by atoms with van der Waals surface area (Å²) in [6.07, 6.45) is 17.5. The molecule has 1 aliphatic heterocycles. The van der Waals surface area contributed by atoms with Crippen molar-refractivity contribution in [2.24, 2.45) is 5.92 Å². The molecule has 1 N–H and O–H groups in total. The van der Waals surface area contributed by atoms with Crippen LogP contribution in [-0.2, 0) is 37.7 Å². The molecule has 3 atom stereocenters. The molecule has 3 aliphatic rings. The molecule has 48 heavy (non-hydrogen) atoms. The Labute approximate surface area is 293 Å². The Kier molecular flexibility index (Phi) is 10.8. The van der Waals surface area contributed by atoms with Crippen molar-refractivity contribution in [3.63, 3.8) is 0 Å². The molecule has 0 radical (unpaired) electrons. The van der Waals surface area contributed by atoms with Gasteiger partial charge in [-0.25, -0.2) is 0 Å². The summed E-state index contributed by atoms with van der Waals surface area (Å²) in [5, 5.41) is 22.5. The highest BCUT2D eigenvalue weighted by molar-refractivity contribution is 8.03. The molecule has 2 aliphatic carbocycles. The molecular weight excluding hydrogens is 685 g/mol. The molecular formula is C36H38N2O6S4. The van der Waals surface area contributed by atoms with E-state index in [1.165, 1.54) is 16.7 Å². The van der Waals surface area contributed by atoms with E-state index in [1.807, 2.05) is 36.4 Å². The zero-order chi connectivity index (χ0) is 33.9. The molecule has 0 saturated heterocycles. The van der Waals surface area contributed by atoms with Gasteiger partial charge in [0.1, 0.15) is 4.70 Å². The number of aryl methyl sites for hydroxylation is 1. The Bertz CT molecular complexity index is 1960. The van der Waals surface area contributed by atoms with Gasteiger partial charge >= 0.3 is 5.97 Å². The number of nitrogens with zero attached hydrogens (tertiary/aromatic N) is 2. The average molecular weight is 723 g/mol. The summed E-state index contributed by atoms with van der Waals surface area (Å²) in [5.41, 5.74) is 5.71. The number of carboxylic acid groups (broad SMARTS) is 2. The van der Waals surface area contributed by atoms with Gasteiger partial charge in [-0.2, -0.15) is 4.57 Å². The molecule has 0 amide bonds. The van der Waals surface area contributed by atoms with Crippen LogP contribution in [0.25, 0.3) is 16.3 Å². The van der Waals surface area contributed by atoms with E-state index in [-0.39, 0.29) is 12.8 Å². The zero-order valence-corrected chi connectivity index (χ0v) is 30.2. The lowest BCUT2D eigenvalue weighted by Crippen LogP contribution is -2.36. The first-order chi connectivity index (χ1) is 23.0. The largest absolute Gasteiger partial charge is 0.550 e. The fraction of sp³-hybridized carbons (Fsp3) is 0.361. The molecule has 12 heteroatoms. The van der Waals surface area contributed by atoms with Crippen LogP contribution < -0.4 is 14.6 Å². The Morgan fingerprint density at radius 2 is 1.75 bits per heavy atom. The van der Waals surface area contributed by atoms with Gasteiger partial charge in [-0.15, -0.1) is 0 Å². The molecule has 0 spiro atoms. The summed E-state index contributed by atoms with van der Waals surface area (Å²) in [7, 11) is -2.24. The lowest BCUT2D eigenvalue weighted by Gasteiger charge is -2.28.